The van der Waals surface area contributed by atoms with Gasteiger partial charge in [-0.15, -0.1) is 0 Å². The first-order valence-electron chi connectivity index (χ1n) is 9.04. The molecule has 3 rings (SSSR count). The summed E-state index contributed by atoms with van der Waals surface area (Å²) in [5.74, 6) is -0.593. The van der Waals surface area contributed by atoms with Crippen LogP contribution in [-0.4, -0.2) is 59.3 Å². The number of nitrogens with one attached hydrogen (secondary N) is 1. The van der Waals surface area contributed by atoms with Crippen molar-refractivity contribution in [3.8, 4) is 0 Å². The normalized spacial score (nSPS) is 25.1. The maximum atomic E-state index is 13.0. The second kappa shape index (κ2) is 7.12. The molecule has 2 atom stereocenters. The minimum absolute atomic E-state index is 0.00375. The number of pyridine rings is 1. The predicted octanol–water partition coefficient (Wildman–Crippen LogP) is 1.13. The Balaban J connectivity index is 1.58. The Hall–Kier alpha value is -1.95. The summed E-state index contributed by atoms with van der Waals surface area (Å²) in [7, 11) is 0. The van der Waals surface area contributed by atoms with E-state index in [0.29, 0.717) is 19.6 Å². The third-order valence-electron chi connectivity index (χ3n) is 5.37. The van der Waals surface area contributed by atoms with Gasteiger partial charge >= 0.3 is 0 Å². The van der Waals surface area contributed by atoms with Crippen molar-refractivity contribution in [2.45, 2.75) is 27.3 Å². The summed E-state index contributed by atoms with van der Waals surface area (Å²) in [4.78, 5) is 33.6. The van der Waals surface area contributed by atoms with Crippen LogP contribution in [0.5, 0.6) is 0 Å². The summed E-state index contributed by atoms with van der Waals surface area (Å²) in [5, 5.41) is 2.88. The van der Waals surface area contributed by atoms with Crippen molar-refractivity contribution in [3.63, 3.8) is 0 Å². The van der Waals surface area contributed by atoms with Crippen molar-refractivity contribution in [1.29, 1.82) is 0 Å². The molecule has 1 aromatic heterocycles. The van der Waals surface area contributed by atoms with Gasteiger partial charge in [0.1, 0.15) is 5.92 Å². The van der Waals surface area contributed by atoms with E-state index in [2.05, 4.69) is 42.0 Å². The Kier molecular flexibility index (Phi) is 5.08. The molecular formula is C19H28N4O2. The van der Waals surface area contributed by atoms with E-state index in [9.17, 15) is 9.59 Å². The smallest absolute Gasteiger partial charge is 0.235 e. The third-order valence-corrected chi connectivity index (χ3v) is 5.37. The SMILES string of the molecule is CC(C)(C)[C@@H]1CNC(=O)[C@@H]1C(=O)N1CCN(Cc2cccnc2)CC1. The highest BCUT2D eigenvalue weighted by atomic mass is 16.2. The van der Waals surface area contributed by atoms with Gasteiger partial charge in [-0.05, 0) is 17.0 Å². The maximum Gasteiger partial charge on any atom is 0.235 e. The van der Waals surface area contributed by atoms with Crippen LogP contribution in [0.4, 0.5) is 0 Å². The van der Waals surface area contributed by atoms with Gasteiger partial charge in [0.05, 0.1) is 0 Å². The van der Waals surface area contributed by atoms with E-state index in [0.717, 1.165) is 19.6 Å². The number of piperazine rings is 1. The molecule has 2 aliphatic heterocycles. The van der Waals surface area contributed by atoms with Gasteiger partial charge in [-0.3, -0.25) is 19.5 Å². The number of carbonyl (C=O) groups excluding carboxylic acids is 2. The fourth-order valence-corrected chi connectivity index (χ4v) is 3.78. The number of carbonyl (C=O) groups is 2. The van der Waals surface area contributed by atoms with Gasteiger partial charge in [-0.2, -0.15) is 0 Å². The monoisotopic (exact) mass is 344 g/mol. The number of nitrogens with zero attached hydrogens (tertiary/aromatic N) is 3. The van der Waals surface area contributed by atoms with Gasteiger partial charge in [-0.1, -0.05) is 26.8 Å². The van der Waals surface area contributed by atoms with Crippen LogP contribution in [0.3, 0.4) is 0 Å². The van der Waals surface area contributed by atoms with Gasteiger partial charge in [0.25, 0.3) is 0 Å². The zero-order valence-electron chi connectivity index (χ0n) is 15.4. The minimum atomic E-state index is -0.537. The van der Waals surface area contributed by atoms with Gasteiger partial charge in [-0.25, -0.2) is 0 Å². The highest BCUT2D eigenvalue weighted by molar-refractivity contribution is 6.02. The molecule has 136 valence electrons. The zero-order valence-corrected chi connectivity index (χ0v) is 15.4. The summed E-state index contributed by atoms with van der Waals surface area (Å²) in [6, 6.07) is 4.02. The minimum Gasteiger partial charge on any atom is -0.355 e. The Morgan fingerprint density at radius 3 is 2.60 bits per heavy atom. The van der Waals surface area contributed by atoms with E-state index in [-0.39, 0.29) is 23.1 Å². The lowest BCUT2D eigenvalue weighted by molar-refractivity contribution is -0.144. The largest absolute Gasteiger partial charge is 0.355 e. The summed E-state index contributed by atoms with van der Waals surface area (Å²) >= 11 is 0. The molecule has 1 aromatic rings. The lowest BCUT2D eigenvalue weighted by atomic mass is 9.74. The molecule has 0 spiro atoms. The fourth-order valence-electron chi connectivity index (χ4n) is 3.78. The van der Waals surface area contributed by atoms with Crippen LogP contribution >= 0.6 is 0 Å². The Labute approximate surface area is 149 Å². The van der Waals surface area contributed by atoms with Crippen LogP contribution in [0.2, 0.25) is 0 Å². The molecule has 1 N–H and O–H groups in total. The molecule has 3 heterocycles. The highest BCUT2D eigenvalue weighted by Crippen LogP contribution is 2.36. The number of amides is 2. The van der Waals surface area contributed by atoms with Crippen molar-refractivity contribution in [1.82, 2.24) is 20.1 Å². The standard InChI is InChI=1S/C19H28N4O2/c1-19(2,3)15-12-21-17(24)16(15)18(25)23-9-7-22(8-10-23)13-14-5-4-6-20-11-14/h4-6,11,15-16H,7-10,12-13H2,1-3H3,(H,21,24)/t15-,16-/m1/s1. The summed E-state index contributed by atoms with van der Waals surface area (Å²) in [5.41, 5.74) is 1.12. The van der Waals surface area contributed by atoms with Crippen molar-refractivity contribution in [3.05, 3.63) is 30.1 Å². The van der Waals surface area contributed by atoms with E-state index in [4.69, 9.17) is 0 Å². The zero-order chi connectivity index (χ0) is 18.0. The number of aromatic nitrogens is 1. The molecule has 0 aromatic carbocycles. The summed E-state index contributed by atoms with van der Waals surface area (Å²) in [6.45, 7) is 10.8. The van der Waals surface area contributed by atoms with Gasteiger partial charge in [0, 0.05) is 57.6 Å². The van der Waals surface area contributed by atoms with Gasteiger partial charge in [0.2, 0.25) is 11.8 Å². The van der Waals surface area contributed by atoms with Crippen LogP contribution < -0.4 is 5.32 Å². The topological polar surface area (TPSA) is 65.5 Å². The van der Waals surface area contributed by atoms with E-state index in [1.54, 1.807) is 6.20 Å². The van der Waals surface area contributed by atoms with Crippen molar-refractivity contribution in [2.24, 2.45) is 17.3 Å². The average molecular weight is 344 g/mol. The number of rotatable bonds is 3. The molecule has 0 radical (unpaired) electrons. The maximum absolute atomic E-state index is 13.0. The van der Waals surface area contributed by atoms with E-state index in [1.165, 1.54) is 5.56 Å². The van der Waals surface area contributed by atoms with Gasteiger partial charge in [0.15, 0.2) is 0 Å². The second-order valence-corrected chi connectivity index (χ2v) is 8.16. The van der Waals surface area contributed by atoms with E-state index in [1.807, 2.05) is 17.2 Å². The Bertz CT molecular complexity index is 618. The third kappa shape index (κ3) is 4.00. The lowest BCUT2D eigenvalue weighted by Gasteiger charge is -2.37. The quantitative estimate of drug-likeness (QED) is 0.835. The molecular weight excluding hydrogens is 316 g/mol. The first-order valence-corrected chi connectivity index (χ1v) is 9.04. The first-order chi connectivity index (χ1) is 11.9. The van der Waals surface area contributed by atoms with Crippen LogP contribution in [-0.2, 0) is 16.1 Å². The lowest BCUT2D eigenvalue weighted by Crippen LogP contribution is -2.52. The van der Waals surface area contributed by atoms with Crippen molar-refractivity contribution in [2.75, 3.05) is 32.7 Å². The molecule has 2 aliphatic rings. The van der Waals surface area contributed by atoms with E-state index >= 15 is 0 Å². The number of hydrogen-bond donors (Lipinski definition) is 1. The molecule has 2 saturated heterocycles. The first kappa shape index (κ1) is 17.9. The van der Waals surface area contributed by atoms with Crippen LogP contribution in [0.15, 0.2) is 24.5 Å². The summed E-state index contributed by atoms with van der Waals surface area (Å²) < 4.78 is 0. The molecule has 6 nitrogen and oxygen atoms in total. The van der Waals surface area contributed by atoms with Crippen molar-refractivity contribution >= 4 is 11.8 Å². The van der Waals surface area contributed by atoms with Crippen LogP contribution in [0.1, 0.15) is 26.3 Å². The van der Waals surface area contributed by atoms with Crippen molar-refractivity contribution < 1.29 is 9.59 Å². The molecule has 6 heteroatoms. The molecule has 0 saturated carbocycles. The molecule has 0 aliphatic carbocycles. The van der Waals surface area contributed by atoms with Gasteiger partial charge < -0.3 is 10.2 Å². The van der Waals surface area contributed by atoms with Crippen LogP contribution in [0.25, 0.3) is 0 Å². The highest BCUT2D eigenvalue weighted by Gasteiger charge is 2.47. The predicted molar refractivity (Wildman–Crippen MR) is 95.5 cm³/mol. The summed E-state index contributed by atoms with van der Waals surface area (Å²) in [6.07, 6.45) is 3.66. The average Bonchev–Trinajstić information content (AvgIpc) is 2.98. The molecule has 0 unspecified atom stereocenters. The fraction of sp³-hybridized carbons (Fsp3) is 0.632. The molecule has 25 heavy (non-hydrogen) atoms. The van der Waals surface area contributed by atoms with Crippen LogP contribution in [0, 0.1) is 17.3 Å². The Morgan fingerprint density at radius 1 is 1.28 bits per heavy atom. The molecule has 2 amide bonds. The second-order valence-electron chi connectivity index (χ2n) is 8.16. The molecule has 2 fully saturated rings. The Morgan fingerprint density at radius 2 is 2.00 bits per heavy atom. The van der Waals surface area contributed by atoms with E-state index < -0.39 is 5.92 Å². The number of hydrogen-bond acceptors (Lipinski definition) is 4. The molecule has 0 bridgehead atoms.